The highest BCUT2D eigenvalue weighted by molar-refractivity contribution is 9.11. The summed E-state index contributed by atoms with van der Waals surface area (Å²) in [5, 5.41) is 2.84. The maximum atomic E-state index is 12.0. The Labute approximate surface area is 118 Å². The second-order valence-electron chi connectivity index (χ2n) is 4.25. The molecular weight excluding hydrogens is 348 g/mol. The number of nitrogens with one attached hydrogen (secondary N) is 1. The number of halogens is 2. The van der Waals surface area contributed by atoms with Gasteiger partial charge in [-0.2, -0.15) is 0 Å². The molecule has 0 aromatic heterocycles. The molecule has 94 valence electrons. The summed E-state index contributed by atoms with van der Waals surface area (Å²) < 4.78 is 1.74. The maximum Gasteiger partial charge on any atom is 0.244 e. The summed E-state index contributed by atoms with van der Waals surface area (Å²) in [5.74, 6) is -0.168. The molecule has 1 aromatic rings. The van der Waals surface area contributed by atoms with Crippen LogP contribution in [0.25, 0.3) is 0 Å². The summed E-state index contributed by atoms with van der Waals surface area (Å²) in [6.45, 7) is 3.76. The van der Waals surface area contributed by atoms with E-state index in [9.17, 15) is 4.79 Å². The van der Waals surface area contributed by atoms with E-state index in [1.165, 1.54) is 0 Å². The lowest BCUT2D eigenvalue weighted by Crippen LogP contribution is -2.48. The molecule has 0 bridgehead atoms. The fraction of sp³-hybridized carbons (Fsp3) is 0.417. The van der Waals surface area contributed by atoms with E-state index in [4.69, 9.17) is 5.73 Å². The lowest BCUT2D eigenvalue weighted by Gasteiger charge is -2.23. The van der Waals surface area contributed by atoms with E-state index in [0.29, 0.717) is 6.42 Å². The topological polar surface area (TPSA) is 55.1 Å². The quantitative estimate of drug-likeness (QED) is 0.857. The molecule has 0 saturated heterocycles. The first-order valence-electron chi connectivity index (χ1n) is 5.42. The first-order valence-corrected chi connectivity index (χ1v) is 7.01. The van der Waals surface area contributed by atoms with Crippen LogP contribution < -0.4 is 11.1 Å². The van der Waals surface area contributed by atoms with Gasteiger partial charge in [-0.1, -0.05) is 29.3 Å². The monoisotopic (exact) mass is 362 g/mol. The van der Waals surface area contributed by atoms with Gasteiger partial charge in [0.1, 0.15) is 0 Å². The summed E-state index contributed by atoms with van der Waals surface area (Å²) >= 11 is 6.75. The standard InChI is InChI=1S/C12H16Br2N2O/c1-3-6-12(2,15)11(17)16-10-7-8(13)4-5-9(10)14/h4-5,7H,3,6,15H2,1-2H3,(H,16,17). The number of hydrogen-bond donors (Lipinski definition) is 2. The van der Waals surface area contributed by atoms with Gasteiger partial charge in [0, 0.05) is 8.95 Å². The molecule has 1 rings (SSSR count). The fourth-order valence-electron chi connectivity index (χ4n) is 1.49. The Balaban J connectivity index is 2.84. The molecule has 0 fully saturated rings. The number of hydrogen-bond acceptors (Lipinski definition) is 2. The highest BCUT2D eigenvalue weighted by Gasteiger charge is 2.27. The van der Waals surface area contributed by atoms with Crippen molar-refractivity contribution in [3.05, 3.63) is 27.1 Å². The summed E-state index contributed by atoms with van der Waals surface area (Å²) in [4.78, 5) is 12.0. The lowest BCUT2D eigenvalue weighted by molar-refractivity contribution is -0.120. The average molecular weight is 364 g/mol. The second kappa shape index (κ2) is 5.98. The van der Waals surface area contributed by atoms with Crippen molar-refractivity contribution in [1.29, 1.82) is 0 Å². The smallest absolute Gasteiger partial charge is 0.244 e. The van der Waals surface area contributed by atoms with E-state index in [0.717, 1.165) is 21.1 Å². The largest absolute Gasteiger partial charge is 0.323 e. The Morgan fingerprint density at radius 2 is 2.12 bits per heavy atom. The molecule has 3 nitrogen and oxygen atoms in total. The van der Waals surface area contributed by atoms with Gasteiger partial charge in [-0.3, -0.25) is 4.79 Å². The number of nitrogens with two attached hydrogens (primary N) is 1. The third kappa shape index (κ3) is 4.08. The fourth-order valence-corrected chi connectivity index (χ4v) is 2.20. The van der Waals surface area contributed by atoms with Crippen molar-refractivity contribution in [2.24, 2.45) is 5.73 Å². The first kappa shape index (κ1) is 14.7. The van der Waals surface area contributed by atoms with E-state index >= 15 is 0 Å². The molecule has 0 saturated carbocycles. The van der Waals surface area contributed by atoms with Crippen molar-refractivity contribution in [2.45, 2.75) is 32.2 Å². The summed E-state index contributed by atoms with van der Waals surface area (Å²) in [6.07, 6.45) is 1.53. The molecule has 17 heavy (non-hydrogen) atoms. The van der Waals surface area contributed by atoms with E-state index in [-0.39, 0.29) is 5.91 Å². The van der Waals surface area contributed by atoms with E-state index in [2.05, 4.69) is 37.2 Å². The molecule has 3 N–H and O–H groups in total. The molecule has 0 aliphatic heterocycles. The number of rotatable bonds is 4. The van der Waals surface area contributed by atoms with Crippen molar-refractivity contribution >= 4 is 43.5 Å². The predicted octanol–water partition coefficient (Wildman–Crippen LogP) is 3.67. The van der Waals surface area contributed by atoms with Gasteiger partial charge in [0.15, 0.2) is 0 Å². The van der Waals surface area contributed by atoms with E-state index < -0.39 is 5.54 Å². The van der Waals surface area contributed by atoms with Gasteiger partial charge in [-0.25, -0.2) is 0 Å². The van der Waals surface area contributed by atoms with Crippen molar-refractivity contribution < 1.29 is 4.79 Å². The van der Waals surface area contributed by atoms with Gasteiger partial charge in [0.2, 0.25) is 5.91 Å². The molecule has 0 radical (unpaired) electrons. The van der Waals surface area contributed by atoms with E-state index in [1.807, 2.05) is 25.1 Å². The predicted molar refractivity (Wildman–Crippen MR) is 78.0 cm³/mol. The van der Waals surface area contributed by atoms with Crippen LogP contribution in [-0.2, 0) is 4.79 Å². The van der Waals surface area contributed by atoms with Crippen LogP contribution in [0.2, 0.25) is 0 Å². The van der Waals surface area contributed by atoms with Gasteiger partial charge < -0.3 is 11.1 Å². The zero-order chi connectivity index (χ0) is 13.1. The summed E-state index contributed by atoms with van der Waals surface area (Å²) in [6, 6.07) is 5.60. The third-order valence-electron chi connectivity index (χ3n) is 2.46. The van der Waals surface area contributed by atoms with Crippen LogP contribution in [0.5, 0.6) is 0 Å². The van der Waals surface area contributed by atoms with E-state index in [1.54, 1.807) is 6.92 Å². The number of carbonyl (C=O) groups is 1. The zero-order valence-electron chi connectivity index (χ0n) is 9.89. The number of amides is 1. The van der Waals surface area contributed by atoms with Gasteiger partial charge in [-0.15, -0.1) is 0 Å². The van der Waals surface area contributed by atoms with Crippen LogP contribution in [0.15, 0.2) is 27.1 Å². The van der Waals surface area contributed by atoms with Crippen LogP contribution >= 0.6 is 31.9 Å². The van der Waals surface area contributed by atoms with Crippen LogP contribution in [0.1, 0.15) is 26.7 Å². The second-order valence-corrected chi connectivity index (χ2v) is 6.02. The van der Waals surface area contributed by atoms with Crippen molar-refractivity contribution in [3.8, 4) is 0 Å². The van der Waals surface area contributed by atoms with Crippen LogP contribution in [0.3, 0.4) is 0 Å². The molecule has 5 heteroatoms. The SMILES string of the molecule is CCCC(C)(N)C(=O)Nc1cc(Br)ccc1Br. The van der Waals surface area contributed by atoms with Crippen LogP contribution in [0, 0.1) is 0 Å². The Morgan fingerprint density at radius 3 is 2.71 bits per heavy atom. The van der Waals surface area contributed by atoms with Gasteiger partial charge >= 0.3 is 0 Å². The number of benzene rings is 1. The van der Waals surface area contributed by atoms with Crippen LogP contribution in [0.4, 0.5) is 5.69 Å². The maximum absolute atomic E-state index is 12.0. The van der Waals surface area contributed by atoms with Gasteiger partial charge in [0.05, 0.1) is 11.2 Å². The summed E-state index contributed by atoms with van der Waals surface area (Å²) in [7, 11) is 0. The average Bonchev–Trinajstić information content (AvgIpc) is 2.23. The molecule has 1 aromatic carbocycles. The molecule has 0 heterocycles. The van der Waals surface area contributed by atoms with Crippen molar-refractivity contribution in [2.75, 3.05) is 5.32 Å². The molecule has 0 aliphatic carbocycles. The minimum Gasteiger partial charge on any atom is -0.323 e. The minimum atomic E-state index is -0.837. The zero-order valence-corrected chi connectivity index (χ0v) is 13.1. The molecular formula is C12H16Br2N2O. The lowest BCUT2D eigenvalue weighted by atomic mass is 9.96. The van der Waals surface area contributed by atoms with Crippen LogP contribution in [-0.4, -0.2) is 11.4 Å². The molecule has 0 aliphatic rings. The Hall–Kier alpha value is -0.390. The molecule has 0 spiro atoms. The van der Waals surface area contributed by atoms with Crippen molar-refractivity contribution in [1.82, 2.24) is 0 Å². The highest BCUT2D eigenvalue weighted by Crippen LogP contribution is 2.27. The van der Waals surface area contributed by atoms with Gasteiger partial charge in [-0.05, 0) is 47.5 Å². The number of carbonyl (C=O) groups excluding carboxylic acids is 1. The normalized spacial score (nSPS) is 14.2. The highest BCUT2D eigenvalue weighted by atomic mass is 79.9. The molecule has 1 atom stereocenters. The Morgan fingerprint density at radius 1 is 1.47 bits per heavy atom. The van der Waals surface area contributed by atoms with Gasteiger partial charge in [0.25, 0.3) is 0 Å². The Kier molecular flexibility index (Phi) is 5.16. The van der Waals surface area contributed by atoms with Crippen molar-refractivity contribution in [3.63, 3.8) is 0 Å². The third-order valence-corrected chi connectivity index (χ3v) is 3.65. The summed E-state index contributed by atoms with van der Waals surface area (Å²) in [5.41, 5.74) is 5.85. The Bertz CT molecular complexity index is 419. The molecule has 1 amide bonds. The number of anilines is 1. The first-order chi connectivity index (χ1) is 7.86. The molecule has 1 unspecified atom stereocenters. The minimum absolute atomic E-state index is 0.168.